The van der Waals surface area contributed by atoms with Crippen LogP contribution in [0.5, 0.6) is 0 Å². The summed E-state index contributed by atoms with van der Waals surface area (Å²) in [6.07, 6.45) is 2.28. The summed E-state index contributed by atoms with van der Waals surface area (Å²) in [5, 5.41) is 7.02. The number of hydrogen-bond donors (Lipinski definition) is 0. The minimum absolute atomic E-state index is 0.0227. The van der Waals surface area contributed by atoms with Crippen LogP contribution in [0.25, 0.3) is 6.20 Å². The number of likely N-dealkylation sites (N-methyl/N-ethyl adjacent to an activating group) is 1. The van der Waals surface area contributed by atoms with E-state index < -0.39 is 0 Å². The van der Waals surface area contributed by atoms with Crippen molar-refractivity contribution in [3.63, 3.8) is 0 Å². The number of benzene rings is 2. The van der Waals surface area contributed by atoms with Crippen LogP contribution in [0.3, 0.4) is 0 Å². The first-order valence-electron chi connectivity index (χ1n) is 8.23. The van der Waals surface area contributed by atoms with Crippen LogP contribution >= 0.6 is 0 Å². The topological polar surface area (TPSA) is 22.1 Å². The number of para-hydroxylation sites is 1. The van der Waals surface area contributed by atoms with E-state index in [0.717, 1.165) is 31.5 Å². The molecule has 4 heteroatoms. The van der Waals surface area contributed by atoms with E-state index in [0.29, 0.717) is 0 Å². The van der Waals surface area contributed by atoms with Crippen LogP contribution in [0.2, 0.25) is 0 Å². The molecular weight excluding hydrogens is 284 g/mol. The highest BCUT2D eigenvalue weighted by Gasteiger charge is 2.27. The normalized spacial score (nSPS) is 22.1. The molecule has 1 fully saturated rings. The molecule has 118 valence electrons. The van der Waals surface area contributed by atoms with Crippen molar-refractivity contribution in [3.8, 4) is 0 Å². The Labute approximate surface area is 136 Å². The average Bonchev–Trinajstić information content (AvgIpc) is 2.62. The van der Waals surface area contributed by atoms with Gasteiger partial charge in [-0.15, -0.1) is 0 Å². The molecule has 0 aromatic heterocycles. The molecule has 2 aliphatic heterocycles. The van der Waals surface area contributed by atoms with Gasteiger partial charge in [0.25, 0.3) is 0 Å². The zero-order valence-electron chi connectivity index (χ0n) is 13.5. The molecule has 1 unspecified atom stereocenters. The molecule has 2 aromatic carbocycles. The molecule has 0 N–H and O–H groups in total. The zero-order chi connectivity index (χ0) is 15.6. The van der Waals surface area contributed by atoms with Crippen molar-refractivity contribution < 1.29 is 0 Å². The monoisotopic (exact) mass is 306 g/mol. The van der Waals surface area contributed by atoms with Gasteiger partial charge in [-0.05, 0) is 18.7 Å². The minimum atomic E-state index is 0.0227. The Morgan fingerprint density at radius 3 is 2.35 bits per heavy atom. The maximum atomic E-state index is 5.03. The second kappa shape index (κ2) is 6.14. The summed E-state index contributed by atoms with van der Waals surface area (Å²) >= 11 is 0. The molecule has 23 heavy (non-hydrogen) atoms. The standard InChI is InChI=1S/C19H22N4/c1-21-11-13-22(14-12-21)23-15-17-9-5-6-10-18(17)20-19(23)16-7-3-2-4-8-16/h2-10,15,19H,11-14H2,1H3. The molecule has 2 heterocycles. The third-order valence-corrected chi connectivity index (χ3v) is 4.62. The molecule has 0 spiro atoms. The molecule has 0 amide bonds. The summed E-state index contributed by atoms with van der Waals surface area (Å²) in [5.41, 5.74) is 1.23. The Balaban J connectivity index is 1.76. The predicted octanol–water partition coefficient (Wildman–Crippen LogP) is 1.22. The highest BCUT2D eigenvalue weighted by Crippen LogP contribution is 2.25. The number of hydrazine groups is 1. The van der Waals surface area contributed by atoms with Gasteiger partial charge in [0, 0.05) is 37.6 Å². The van der Waals surface area contributed by atoms with Gasteiger partial charge >= 0.3 is 0 Å². The second-order valence-corrected chi connectivity index (χ2v) is 6.24. The predicted molar refractivity (Wildman–Crippen MR) is 91.8 cm³/mol. The van der Waals surface area contributed by atoms with Crippen molar-refractivity contribution in [1.29, 1.82) is 0 Å². The Morgan fingerprint density at radius 1 is 0.870 bits per heavy atom. The summed E-state index contributed by atoms with van der Waals surface area (Å²) < 4.78 is 0. The van der Waals surface area contributed by atoms with Crippen LogP contribution < -0.4 is 10.6 Å². The number of piperazine rings is 1. The fourth-order valence-electron chi connectivity index (χ4n) is 3.23. The first kappa shape index (κ1) is 14.4. The number of fused-ring (bicyclic) bond motifs is 1. The van der Waals surface area contributed by atoms with E-state index in [2.05, 4.69) is 82.8 Å². The van der Waals surface area contributed by atoms with Gasteiger partial charge < -0.3 is 4.90 Å². The lowest BCUT2D eigenvalue weighted by atomic mass is 10.1. The van der Waals surface area contributed by atoms with Gasteiger partial charge in [0.05, 0.1) is 5.36 Å². The Bertz CT molecular complexity index is 779. The third-order valence-electron chi connectivity index (χ3n) is 4.62. The molecule has 2 aromatic rings. The number of nitrogens with zero attached hydrogens (tertiary/aromatic N) is 4. The van der Waals surface area contributed by atoms with E-state index in [1.54, 1.807) is 0 Å². The van der Waals surface area contributed by atoms with Gasteiger partial charge in [0.1, 0.15) is 0 Å². The quantitative estimate of drug-likeness (QED) is 0.833. The zero-order valence-corrected chi connectivity index (χ0v) is 13.5. The van der Waals surface area contributed by atoms with Crippen molar-refractivity contribution in [1.82, 2.24) is 14.9 Å². The smallest absolute Gasteiger partial charge is 0.161 e. The summed E-state index contributed by atoms with van der Waals surface area (Å²) in [6.45, 7) is 4.25. The van der Waals surface area contributed by atoms with Crippen LogP contribution in [0.4, 0.5) is 0 Å². The highest BCUT2D eigenvalue weighted by molar-refractivity contribution is 5.29. The van der Waals surface area contributed by atoms with Gasteiger partial charge in [-0.25, -0.2) is 5.01 Å². The van der Waals surface area contributed by atoms with Crippen LogP contribution in [0, 0.1) is 0 Å². The maximum absolute atomic E-state index is 5.03. The lowest BCUT2D eigenvalue weighted by molar-refractivity contribution is -0.0316. The van der Waals surface area contributed by atoms with E-state index in [-0.39, 0.29) is 6.17 Å². The summed E-state index contributed by atoms with van der Waals surface area (Å²) in [6, 6.07) is 19.0. The van der Waals surface area contributed by atoms with Gasteiger partial charge in [0.2, 0.25) is 0 Å². The highest BCUT2D eigenvalue weighted by atomic mass is 15.7. The Hall–Kier alpha value is -2.17. The fourth-order valence-corrected chi connectivity index (χ4v) is 3.23. The van der Waals surface area contributed by atoms with Crippen LogP contribution in [0.1, 0.15) is 11.7 Å². The van der Waals surface area contributed by atoms with Gasteiger partial charge in [-0.3, -0.25) is 10.0 Å². The van der Waals surface area contributed by atoms with Crippen LogP contribution in [0.15, 0.2) is 59.6 Å². The van der Waals surface area contributed by atoms with E-state index in [1.165, 1.54) is 10.8 Å². The van der Waals surface area contributed by atoms with Crippen molar-refractivity contribution in [3.05, 3.63) is 70.7 Å². The van der Waals surface area contributed by atoms with Crippen molar-refractivity contribution >= 4 is 6.20 Å². The minimum Gasteiger partial charge on any atom is -0.304 e. The Morgan fingerprint density at radius 2 is 1.57 bits per heavy atom. The molecule has 4 rings (SSSR count). The molecule has 0 saturated carbocycles. The summed E-state index contributed by atoms with van der Waals surface area (Å²) in [5.74, 6) is 0. The van der Waals surface area contributed by atoms with E-state index in [4.69, 9.17) is 4.99 Å². The van der Waals surface area contributed by atoms with Crippen molar-refractivity contribution in [2.75, 3.05) is 33.2 Å². The van der Waals surface area contributed by atoms with Crippen LogP contribution in [-0.4, -0.2) is 48.1 Å². The molecule has 0 aliphatic carbocycles. The lowest BCUT2D eigenvalue weighted by Crippen LogP contribution is -2.54. The summed E-state index contributed by atoms with van der Waals surface area (Å²) in [4.78, 5) is 7.41. The van der Waals surface area contributed by atoms with E-state index in [9.17, 15) is 0 Å². The molecule has 1 saturated heterocycles. The molecule has 0 bridgehead atoms. The van der Waals surface area contributed by atoms with Gasteiger partial charge in [-0.2, -0.15) is 0 Å². The molecule has 4 nitrogen and oxygen atoms in total. The fraction of sp³-hybridized carbons (Fsp3) is 0.316. The first-order valence-corrected chi connectivity index (χ1v) is 8.23. The maximum Gasteiger partial charge on any atom is 0.161 e. The molecule has 0 radical (unpaired) electrons. The van der Waals surface area contributed by atoms with Crippen molar-refractivity contribution in [2.24, 2.45) is 4.99 Å². The largest absolute Gasteiger partial charge is 0.304 e. The molecular formula is C19H22N4. The third kappa shape index (κ3) is 2.87. The van der Waals surface area contributed by atoms with Crippen LogP contribution in [-0.2, 0) is 0 Å². The molecule has 1 atom stereocenters. The first-order chi connectivity index (χ1) is 11.3. The average molecular weight is 306 g/mol. The molecule has 2 aliphatic rings. The Kier molecular flexibility index (Phi) is 3.85. The van der Waals surface area contributed by atoms with Gasteiger partial charge in [0.15, 0.2) is 6.17 Å². The second-order valence-electron chi connectivity index (χ2n) is 6.24. The number of hydrogen-bond acceptors (Lipinski definition) is 4. The number of rotatable bonds is 2. The summed E-state index contributed by atoms with van der Waals surface area (Å²) in [7, 11) is 2.19. The SMILES string of the molecule is CN1CCN(N2C=c3ccccc3=NC2c2ccccc2)CC1. The van der Waals surface area contributed by atoms with Crippen molar-refractivity contribution in [2.45, 2.75) is 6.17 Å². The van der Waals surface area contributed by atoms with Gasteiger partial charge in [-0.1, -0.05) is 48.5 Å². The van der Waals surface area contributed by atoms with E-state index >= 15 is 0 Å². The van der Waals surface area contributed by atoms with E-state index in [1.807, 2.05) is 0 Å². The lowest BCUT2D eigenvalue weighted by Gasteiger charge is -2.43.